The van der Waals surface area contributed by atoms with Gasteiger partial charge >= 0.3 is 0 Å². The van der Waals surface area contributed by atoms with Crippen LogP contribution in [0.15, 0.2) is 24.3 Å². The molecule has 5 nitrogen and oxygen atoms in total. The third-order valence-electron chi connectivity index (χ3n) is 4.90. The Labute approximate surface area is 152 Å². The number of hydrogen-bond donors (Lipinski definition) is 2. The van der Waals surface area contributed by atoms with Crippen LogP contribution in [0.3, 0.4) is 0 Å². The van der Waals surface area contributed by atoms with Crippen molar-refractivity contribution in [1.29, 1.82) is 0 Å². The second-order valence-corrected chi connectivity index (χ2v) is 6.49. The first-order valence-electron chi connectivity index (χ1n) is 8.61. The zero-order chi connectivity index (χ0) is 16.5. The van der Waals surface area contributed by atoms with Crippen molar-refractivity contribution in [3.63, 3.8) is 0 Å². The number of hydrogen-bond acceptors (Lipinski definition) is 3. The van der Waals surface area contributed by atoms with Crippen molar-refractivity contribution in [2.75, 3.05) is 13.1 Å². The molecule has 134 valence electrons. The number of fused-ring (bicyclic) bond motifs is 1. The Morgan fingerprint density at radius 1 is 1.32 bits per heavy atom. The van der Waals surface area contributed by atoms with E-state index in [-0.39, 0.29) is 24.1 Å². The smallest absolute Gasteiger partial charge is 0.272 e. The minimum Gasteiger partial charge on any atom is -0.349 e. The van der Waals surface area contributed by atoms with E-state index in [2.05, 4.69) is 15.7 Å². The predicted molar refractivity (Wildman–Crippen MR) is 96.2 cm³/mol. The summed E-state index contributed by atoms with van der Waals surface area (Å²) in [6, 6.07) is 6.91. The van der Waals surface area contributed by atoms with E-state index in [1.165, 1.54) is 6.07 Å². The molecule has 1 aromatic heterocycles. The van der Waals surface area contributed by atoms with Gasteiger partial charge in [0.2, 0.25) is 0 Å². The van der Waals surface area contributed by atoms with Crippen molar-refractivity contribution >= 4 is 18.3 Å². The summed E-state index contributed by atoms with van der Waals surface area (Å²) in [4.78, 5) is 12.6. The molecule has 4 rings (SSSR count). The van der Waals surface area contributed by atoms with Gasteiger partial charge in [-0.3, -0.25) is 4.79 Å². The van der Waals surface area contributed by atoms with Crippen LogP contribution in [0.4, 0.5) is 4.39 Å². The number of rotatable bonds is 4. The lowest BCUT2D eigenvalue weighted by molar-refractivity contribution is 0.0944. The molecule has 0 bridgehead atoms. The molecule has 1 aromatic carbocycles. The molecule has 1 atom stereocenters. The molecule has 0 radical (unpaired) electrons. The number of amides is 1. The van der Waals surface area contributed by atoms with Gasteiger partial charge in [0.15, 0.2) is 5.69 Å². The normalized spacial score (nSPS) is 18.7. The second kappa shape index (κ2) is 7.54. The van der Waals surface area contributed by atoms with Gasteiger partial charge in [0.1, 0.15) is 11.5 Å². The highest BCUT2D eigenvalue weighted by Crippen LogP contribution is 2.28. The summed E-state index contributed by atoms with van der Waals surface area (Å²) >= 11 is 0. The zero-order valence-electron chi connectivity index (χ0n) is 13.9. The monoisotopic (exact) mass is 364 g/mol. The van der Waals surface area contributed by atoms with E-state index >= 15 is 0 Å². The molecule has 1 amide bonds. The highest BCUT2D eigenvalue weighted by Gasteiger charge is 2.28. The number of halogens is 2. The topological polar surface area (TPSA) is 59.0 Å². The fourth-order valence-electron chi connectivity index (χ4n) is 3.67. The first-order chi connectivity index (χ1) is 11.7. The van der Waals surface area contributed by atoms with Crippen LogP contribution >= 0.6 is 12.4 Å². The molecule has 0 spiro atoms. The summed E-state index contributed by atoms with van der Waals surface area (Å²) in [6.45, 7) is 1.62. The molecule has 1 fully saturated rings. The van der Waals surface area contributed by atoms with Crippen molar-refractivity contribution < 1.29 is 9.18 Å². The first-order valence-corrected chi connectivity index (χ1v) is 8.61. The lowest BCUT2D eigenvalue weighted by Gasteiger charge is -2.11. The maximum absolute atomic E-state index is 14.1. The van der Waals surface area contributed by atoms with E-state index in [1.807, 2.05) is 0 Å². The Morgan fingerprint density at radius 2 is 2.16 bits per heavy atom. The van der Waals surface area contributed by atoms with Crippen molar-refractivity contribution in [3.05, 3.63) is 47.0 Å². The second-order valence-electron chi connectivity index (χ2n) is 6.49. The summed E-state index contributed by atoms with van der Waals surface area (Å²) in [5.74, 6) is -0.478. The summed E-state index contributed by atoms with van der Waals surface area (Å²) in [6.07, 6.45) is 4.87. The van der Waals surface area contributed by atoms with E-state index in [0.717, 1.165) is 49.9 Å². The Kier molecular flexibility index (Phi) is 5.39. The lowest BCUT2D eigenvalue weighted by atomic mass is 10.2. The van der Waals surface area contributed by atoms with Crippen LogP contribution in [0.1, 0.15) is 41.0 Å². The lowest BCUT2D eigenvalue weighted by Crippen LogP contribution is -2.37. The fourth-order valence-corrected chi connectivity index (χ4v) is 3.67. The summed E-state index contributed by atoms with van der Waals surface area (Å²) in [7, 11) is 0. The quantitative estimate of drug-likeness (QED) is 0.875. The molecule has 1 saturated heterocycles. The molecule has 1 unspecified atom stereocenters. The molecule has 25 heavy (non-hydrogen) atoms. The van der Waals surface area contributed by atoms with E-state index < -0.39 is 0 Å². The van der Waals surface area contributed by atoms with Gasteiger partial charge in [-0.25, -0.2) is 9.07 Å². The summed E-state index contributed by atoms with van der Waals surface area (Å²) in [5.41, 5.74) is 2.79. The first kappa shape index (κ1) is 17.9. The Bertz CT molecular complexity index is 770. The molecule has 7 heteroatoms. The maximum atomic E-state index is 14.1. The molecule has 0 saturated carbocycles. The SMILES string of the molecule is Cl.O=C(NCC1CCCN1)c1nn(-c2ccccc2F)c2c1CCC2. The summed E-state index contributed by atoms with van der Waals surface area (Å²) in [5, 5.41) is 10.8. The molecule has 1 aliphatic carbocycles. The van der Waals surface area contributed by atoms with Crippen LogP contribution in [-0.2, 0) is 12.8 Å². The number of carbonyl (C=O) groups excluding carboxylic acids is 1. The van der Waals surface area contributed by atoms with Crippen LogP contribution in [0.5, 0.6) is 0 Å². The van der Waals surface area contributed by atoms with E-state index in [0.29, 0.717) is 24.0 Å². The highest BCUT2D eigenvalue weighted by molar-refractivity contribution is 5.94. The molecular weight excluding hydrogens is 343 g/mol. The molecule has 2 aliphatic rings. The zero-order valence-corrected chi connectivity index (χ0v) is 14.7. The molecule has 2 N–H and O–H groups in total. The van der Waals surface area contributed by atoms with Gasteiger partial charge < -0.3 is 10.6 Å². The minimum absolute atomic E-state index is 0. The fraction of sp³-hybridized carbons (Fsp3) is 0.444. The van der Waals surface area contributed by atoms with Crippen LogP contribution in [0.25, 0.3) is 5.69 Å². The number of para-hydroxylation sites is 1. The maximum Gasteiger partial charge on any atom is 0.272 e. The number of carbonyl (C=O) groups is 1. The highest BCUT2D eigenvalue weighted by atomic mass is 35.5. The van der Waals surface area contributed by atoms with Gasteiger partial charge in [0, 0.05) is 23.8 Å². The molecular formula is C18H22ClFN4O. The number of nitrogens with zero attached hydrogens (tertiary/aromatic N) is 2. The van der Waals surface area contributed by atoms with E-state index in [4.69, 9.17) is 0 Å². The average Bonchev–Trinajstić information content (AvgIpc) is 3.31. The summed E-state index contributed by atoms with van der Waals surface area (Å²) < 4.78 is 15.7. The average molecular weight is 365 g/mol. The van der Waals surface area contributed by atoms with Crippen molar-refractivity contribution in [2.45, 2.75) is 38.1 Å². The van der Waals surface area contributed by atoms with Gasteiger partial charge in [-0.15, -0.1) is 12.4 Å². The third-order valence-corrected chi connectivity index (χ3v) is 4.90. The van der Waals surface area contributed by atoms with Crippen molar-refractivity contribution in [1.82, 2.24) is 20.4 Å². The third kappa shape index (κ3) is 3.41. The van der Waals surface area contributed by atoms with E-state index in [1.54, 1.807) is 22.9 Å². The van der Waals surface area contributed by atoms with Crippen molar-refractivity contribution in [2.24, 2.45) is 0 Å². The minimum atomic E-state index is -0.322. The van der Waals surface area contributed by atoms with Gasteiger partial charge in [-0.1, -0.05) is 12.1 Å². The van der Waals surface area contributed by atoms with Crippen LogP contribution in [-0.4, -0.2) is 34.8 Å². The van der Waals surface area contributed by atoms with Gasteiger partial charge in [0.05, 0.1) is 0 Å². The van der Waals surface area contributed by atoms with Crippen LogP contribution < -0.4 is 10.6 Å². The Morgan fingerprint density at radius 3 is 2.92 bits per heavy atom. The predicted octanol–water partition coefficient (Wildman–Crippen LogP) is 2.40. The standard InChI is InChI=1S/C18H21FN4O.ClH/c19-14-7-1-2-8-16(14)23-15-9-3-6-13(15)17(22-23)18(24)21-11-12-5-4-10-20-12;/h1-2,7-8,12,20H,3-6,9-11H2,(H,21,24);1H. The van der Waals surface area contributed by atoms with E-state index in [9.17, 15) is 9.18 Å². The van der Waals surface area contributed by atoms with Crippen LogP contribution in [0.2, 0.25) is 0 Å². The molecule has 2 aromatic rings. The van der Waals surface area contributed by atoms with Gasteiger partial charge in [-0.2, -0.15) is 5.10 Å². The Hall–Kier alpha value is -1.92. The number of aromatic nitrogens is 2. The van der Waals surface area contributed by atoms with Gasteiger partial charge in [-0.05, 0) is 50.8 Å². The van der Waals surface area contributed by atoms with Crippen LogP contribution in [0, 0.1) is 5.82 Å². The molecule has 2 heterocycles. The van der Waals surface area contributed by atoms with Gasteiger partial charge in [0.25, 0.3) is 5.91 Å². The molecule has 1 aliphatic heterocycles. The number of benzene rings is 1. The number of nitrogens with one attached hydrogen (secondary N) is 2. The van der Waals surface area contributed by atoms with Crippen molar-refractivity contribution in [3.8, 4) is 5.69 Å². The largest absolute Gasteiger partial charge is 0.349 e. The Balaban J connectivity index is 0.00000182.